The quantitative estimate of drug-likeness (QED) is 0.671. The van der Waals surface area contributed by atoms with Crippen molar-refractivity contribution in [1.29, 1.82) is 0 Å². The Hall–Kier alpha value is -2.80. The van der Waals surface area contributed by atoms with Gasteiger partial charge < -0.3 is 14.6 Å². The first-order valence-electron chi connectivity index (χ1n) is 7.33. The fraction of sp³-hybridized carbons (Fsp3) is 0.250. The van der Waals surface area contributed by atoms with Crippen LogP contribution in [0.1, 0.15) is 6.42 Å². The molecule has 2 heterocycles. The molecule has 7 nitrogen and oxygen atoms in total. The standard InChI is InChI=1S/C16H17N5O2/c1-22-11-5-10-17-14-9-8-13(19-20-14)16-18-15(21-23-16)12-6-3-2-4-7-12/h2-4,6-9H,5,10-11H2,1H3,(H,17,20). The topological polar surface area (TPSA) is 86.0 Å². The van der Waals surface area contributed by atoms with Gasteiger partial charge >= 0.3 is 0 Å². The smallest absolute Gasteiger partial charge is 0.278 e. The van der Waals surface area contributed by atoms with Crippen molar-refractivity contribution >= 4 is 5.82 Å². The Kier molecular flexibility index (Phi) is 4.90. The maximum absolute atomic E-state index is 5.26. The van der Waals surface area contributed by atoms with Gasteiger partial charge in [0.05, 0.1) is 0 Å². The summed E-state index contributed by atoms with van der Waals surface area (Å²) in [6.07, 6.45) is 0.907. The van der Waals surface area contributed by atoms with Gasteiger partial charge in [-0.3, -0.25) is 0 Å². The van der Waals surface area contributed by atoms with Crippen molar-refractivity contribution in [3.8, 4) is 23.0 Å². The highest BCUT2D eigenvalue weighted by molar-refractivity contribution is 5.57. The van der Waals surface area contributed by atoms with Gasteiger partial charge in [0.2, 0.25) is 5.82 Å². The van der Waals surface area contributed by atoms with Gasteiger partial charge in [-0.15, -0.1) is 10.2 Å². The first kappa shape index (κ1) is 15.1. The molecule has 0 radical (unpaired) electrons. The Morgan fingerprint density at radius 2 is 1.96 bits per heavy atom. The number of nitrogens with zero attached hydrogens (tertiary/aromatic N) is 4. The van der Waals surface area contributed by atoms with Crippen LogP contribution in [0.15, 0.2) is 47.0 Å². The third kappa shape index (κ3) is 3.89. The summed E-state index contributed by atoms with van der Waals surface area (Å²) >= 11 is 0. The minimum atomic E-state index is 0.349. The molecule has 0 aliphatic heterocycles. The van der Waals surface area contributed by atoms with Gasteiger partial charge in [-0.25, -0.2) is 0 Å². The largest absolute Gasteiger partial charge is 0.385 e. The number of aromatic nitrogens is 4. The third-order valence-electron chi connectivity index (χ3n) is 3.17. The number of benzene rings is 1. The van der Waals surface area contributed by atoms with Gasteiger partial charge in [-0.1, -0.05) is 35.5 Å². The van der Waals surface area contributed by atoms with Crippen LogP contribution in [-0.4, -0.2) is 40.6 Å². The Morgan fingerprint density at radius 1 is 1.09 bits per heavy atom. The average molecular weight is 311 g/mol. The molecule has 0 saturated carbocycles. The molecule has 0 unspecified atom stereocenters. The highest BCUT2D eigenvalue weighted by Crippen LogP contribution is 2.20. The van der Waals surface area contributed by atoms with Crippen molar-refractivity contribution in [2.45, 2.75) is 6.42 Å². The molecule has 0 fully saturated rings. The van der Waals surface area contributed by atoms with Crippen molar-refractivity contribution in [2.75, 3.05) is 25.6 Å². The molecule has 0 amide bonds. The SMILES string of the molecule is COCCCNc1ccc(-c2nc(-c3ccccc3)no2)nn1. The summed E-state index contributed by atoms with van der Waals surface area (Å²) < 4.78 is 10.2. The van der Waals surface area contributed by atoms with E-state index in [1.54, 1.807) is 13.2 Å². The van der Waals surface area contributed by atoms with Crippen molar-refractivity contribution < 1.29 is 9.26 Å². The van der Waals surface area contributed by atoms with Crippen LogP contribution in [0.5, 0.6) is 0 Å². The van der Waals surface area contributed by atoms with Gasteiger partial charge in [0.25, 0.3) is 5.89 Å². The van der Waals surface area contributed by atoms with Crippen LogP contribution in [0.4, 0.5) is 5.82 Å². The number of anilines is 1. The summed E-state index contributed by atoms with van der Waals surface area (Å²) in [6, 6.07) is 13.3. The van der Waals surface area contributed by atoms with Crippen molar-refractivity contribution in [1.82, 2.24) is 20.3 Å². The maximum atomic E-state index is 5.26. The number of nitrogens with one attached hydrogen (secondary N) is 1. The first-order chi connectivity index (χ1) is 11.4. The summed E-state index contributed by atoms with van der Waals surface area (Å²) in [4.78, 5) is 4.35. The molecule has 7 heteroatoms. The zero-order chi connectivity index (χ0) is 15.9. The number of ether oxygens (including phenoxy) is 1. The van der Waals surface area contributed by atoms with E-state index in [4.69, 9.17) is 9.26 Å². The Labute approximate surface area is 133 Å². The second kappa shape index (κ2) is 7.46. The normalized spacial score (nSPS) is 10.7. The van der Waals surface area contributed by atoms with Crippen LogP contribution in [-0.2, 0) is 4.74 Å². The molecule has 0 bridgehead atoms. The van der Waals surface area contributed by atoms with Crippen LogP contribution < -0.4 is 5.32 Å². The molecule has 0 aliphatic carbocycles. The van der Waals surface area contributed by atoms with Crippen molar-refractivity contribution in [2.24, 2.45) is 0 Å². The Balaban J connectivity index is 1.67. The van der Waals surface area contributed by atoms with Gasteiger partial charge in [0, 0.05) is 25.8 Å². The summed E-state index contributed by atoms with van der Waals surface area (Å²) in [5.74, 6) is 1.58. The molecular formula is C16H17N5O2. The molecule has 2 aromatic heterocycles. The lowest BCUT2D eigenvalue weighted by atomic mass is 10.2. The van der Waals surface area contributed by atoms with E-state index >= 15 is 0 Å². The van der Waals surface area contributed by atoms with Crippen LogP contribution in [0.25, 0.3) is 23.0 Å². The van der Waals surface area contributed by atoms with Gasteiger partial charge in [0.15, 0.2) is 5.69 Å². The van der Waals surface area contributed by atoms with E-state index in [1.807, 2.05) is 36.4 Å². The second-order valence-corrected chi connectivity index (χ2v) is 4.87. The first-order valence-corrected chi connectivity index (χ1v) is 7.33. The Morgan fingerprint density at radius 3 is 2.70 bits per heavy atom. The van der Waals surface area contributed by atoms with Crippen LogP contribution in [0.2, 0.25) is 0 Å². The van der Waals surface area contributed by atoms with Crippen molar-refractivity contribution in [3.05, 3.63) is 42.5 Å². The lowest BCUT2D eigenvalue weighted by molar-refractivity contribution is 0.197. The van der Waals surface area contributed by atoms with Gasteiger partial charge in [-0.05, 0) is 18.6 Å². The van der Waals surface area contributed by atoms with Gasteiger partial charge in [-0.2, -0.15) is 4.98 Å². The van der Waals surface area contributed by atoms with Crippen LogP contribution >= 0.6 is 0 Å². The van der Waals surface area contributed by atoms with Crippen LogP contribution in [0.3, 0.4) is 0 Å². The zero-order valence-electron chi connectivity index (χ0n) is 12.8. The molecule has 23 heavy (non-hydrogen) atoms. The van der Waals surface area contributed by atoms with E-state index in [2.05, 4.69) is 25.7 Å². The summed E-state index contributed by atoms with van der Waals surface area (Å²) in [6.45, 7) is 1.49. The van der Waals surface area contributed by atoms with Crippen LogP contribution in [0, 0.1) is 0 Å². The molecule has 0 atom stereocenters. The van der Waals surface area contributed by atoms with E-state index in [-0.39, 0.29) is 0 Å². The molecule has 118 valence electrons. The van der Waals surface area contributed by atoms with E-state index in [0.29, 0.717) is 29.8 Å². The fourth-order valence-corrected chi connectivity index (χ4v) is 2.01. The zero-order valence-corrected chi connectivity index (χ0v) is 12.8. The Bertz CT molecular complexity index is 728. The highest BCUT2D eigenvalue weighted by atomic mass is 16.5. The molecular weight excluding hydrogens is 294 g/mol. The van der Waals surface area contributed by atoms with Crippen molar-refractivity contribution in [3.63, 3.8) is 0 Å². The number of hydrogen-bond acceptors (Lipinski definition) is 7. The lowest BCUT2D eigenvalue weighted by Crippen LogP contribution is -2.06. The molecule has 1 aromatic carbocycles. The number of hydrogen-bond donors (Lipinski definition) is 1. The van der Waals surface area contributed by atoms with Gasteiger partial charge in [0.1, 0.15) is 5.82 Å². The average Bonchev–Trinajstić information content (AvgIpc) is 3.10. The molecule has 0 aliphatic rings. The van der Waals surface area contributed by atoms with E-state index in [9.17, 15) is 0 Å². The summed E-state index contributed by atoms with van der Waals surface area (Å²) in [5, 5.41) is 15.4. The van der Waals surface area contributed by atoms with E-state index in [1.165, 1.54) is 0 Å². The molecule has 0 spiro atoms. The predicted octanol–water partition coefficient (Wildman–Crippen LogP) is 2.64. The summed E-state index contributed by atoms with van der Waals surface area (Å²) in [5.41, 5.74) is 1.44. The molecule has 1 N–H and O–H groups in total. The fourth-order valence-electron chi connectivity index (χ4n) is 2.01. The minimum absolute atomic E-state index is 0.349. The molecule has 0 saturated heterocycles. The highest BCUT2D eigenvalue weighted by Gasteiger charge is 2.12. The number of rotatable bonds is 7. The second-order valence-electron chi connectivity index (χ2n) is 4.87. The maximum Gasteiger partial charge on any atom is 0.278 e. The third-order valence-corrected chi connectivity index (χ3v) is 3.17. The summed E-state index contributed by atoms with van der Waals surface area (Å²) in [7, 11) is 1.68. The predicted molar refractivity (Wildman–Crippen MR) is 85.7 cm³/mol. The lowest BCUT2D eigenvalue weighted by Gasteiger charge is -2.03. The number of methoxy groups -OCH3 is 1. The molecule has 3 aromatic rings. The van der Waals surface area contributed by atoms with E-state index < -0.39 is 0 Å². The molecule has 3 rings (SSSR count). The minimum Gasteiger partial charge on any atom is -0.385 e. The van der Waals surface area contributed by atoms with E-state index in [0.717, 1.165) is 18.5 Å². The monoisotopic (exact) mass is 311 g/mol.